The fourth-order valence-corrected chi connectivity index (χ4v) is 2.49. The van der Waals surface area contributed by atoms with Crippen LogP contribution in [-0.4, -0.2) is 36.3 Å². The summed E-state index contributed by atoms with van der Waals surface area (Å²) in [5, 5.41) is 9.99. The Hall–Kier alpha value is -1.14. The normalized spacial score (nSPS) is 12.8. The van der Waals surface area contributed by atoms with Crippen LogP contribution in [0, 0.1) is 0 Å². The average Bonchev–Trinajstić information content (AvgIpc) is 2.94. The zero-order chi connectivity index (χ0) is 15.1. The number of likely N-dealkylation sites (N-methyl/N-ethyl adjacent to an activating group) is 1. The fourth-order valence-electron chi connectivity index (χ4n) is 2.08. The third-order valence-electron chi connectivity index (χ3n) is 3.06. The van der Waals surface area contributed by atoms with Crippen LogP contribution in [0.15, 0.2) is 51.6 Å². The van der Waals surface area contributed by atoms with E-state index in [1.807, 2.05) is 37.4 Å². The first kappa shape index (κ1) is 16.2. The average molecular weight is 354 g/mol. The second-order valence-corrected chi connectivity index (χ2v) is 5.89. The van der Waals surface area contributed by atoms with Crippen LogP contribution >= 0.6 is 15.9 Å². The minimum atomic E-state index is -0.521. The largest absolute Gasteiger partial charge is 0.467 e. The summed E-state index contributed by atoms with van der Waals surface area (Å²) >= 11 is 3.53. The number of hydrogen-bond donors (Lipinski definition) is 1. The molecule has 114 valence electrons. The van der Waals surface area contributed by atoms with Crippen molar-refractivity contribution in [1.29, 1.82) is 0 Å². The van der Waals surface area contributed by atoms with Gasteiger partial charge in [0.05, 0.1) is 19.0 Å². The number of nitrogens with zero attached hydrogens (tertiary/aromatic N) is 1. The number of benzene rings is 1. The lowest BCUT2D eigenvalue weighted by molar-refractivity contribution is 0.00766. The number of hydrogen-bond acceptors (Lipinski definition) is 4. The maximum atomic E-state index is 9.99. The standard InChI is InChI=1S/C16H20BrNO3/c1-18(9-13-5-2-3-7-16(13)17)10-14(19)11-20-12-15-6-4-8-21-15/h2-8,14,19H,9-12H2,1H3. The van der Waals surface area contributed by atoms with Crippen LogP contribution < -0.4 is 0 Å². The molecule has 1 aromatic carbocycles. The molecule has 1 N–H and O–H groups in total. The minimum Gasteiger partial charge on any atom is -0.467 e. The summed E-state index contributed by atoms with van der Waals surface area (Å²) in [7, 11) is 1.98. The van der Waals surface area contributed by atoms with Gasteiger partial charge in [0, 0.05) is 17.6 Å². The Morgan fingerprint density at radius 3 is 2.81 bits per heavy atom. The molecule has 0 fully saturated rings. The Kier molecular flexibility index (Phi) is 6.45. The molecule has 1 aromatic heterocycles. The molecule has 2 aromatic rings. The van der Waals surface area contributed by atoms with Crippen molar-refractivity contribution < 1.29 is 14.3 Å². The molecule has 0 spiro atoms. The first-order chi connectivity index (χ1) is 10.1. The molecule has 0 radical (unpaired) electrons. The van der Waals surface area contributed by atoms with E-state index in [4.69, 9.17) is 9.15 Å². The second kappa shape index (κ2) is 8.34. The molecule has 0 bridgehead atoms. The molecule has 0 saturated carbocycles. The van der Waals surface area contributed by atoms with Crippen molar-refractivity contribution in [1.82, 2.24) is 4.90 Å². The molecule has 1 unspecified atom stereocenters. The van der Waals surface area contributed by atoms with Crippen LogP contribution in [0.1, 0.15) is 11.3 Å². The zero-order valence-corrected chi connectivity index (χ0v) is 13.6. The lowest BCUT2D eigenvalue weighted by Crippen LogP contribution is -2.31. The highest BCUT2D eigenvalue weighted by Gasteiger charge is 2.10. The molecule has 0 aliphatic carbocycles. The third-order valence-corrected chi connectivity index (χ3v) is 3.83. The maximum Gasteiger partial charge on any atom is 0.129 e. The van der Waals surface area contributed by atoms with Gasteiger partial charge < -0.3 is 14.3 Å². The van der Waals surface area contributed by atoms with Gasteiger partial charge in [-0.2, -0.15) is 0 Å². The first-order valence-electron chi connectivity index (χ1n) is 6.85. The smallest absolute Gasteiger partial charge is 0.129 e. The van der Waals surface area contributed by atoms with E-state index in [0.717, 1.165) is 16.8 Å². The Bertz CT molecular complexity index is 530. The van der Waals surface area contributed by atoms with E-state index in [-0.39, 0.29) is 0 Å². The highest BCUT2D eigenvalue weighted by atomic mass is 79.9. The molecular formula is C16H20BrNO3. The van der Waals surface area contributed by atoms with E-state index in [0.29, 0.717) is 19.8 Å². The van der Waals surface area contributed by atoms with Gasteiger partial charge in [0.25, 0.3) is 0 Å². The summed E-state index contributed by atoms with van der Waals surface area (Å²) in [4.78, 5) is 2.07. The van der Waals surface area contributed by atoms with Crippen LogP contribution in [-0.2, 0) is 17.9 Å². The number of aliphatic hydroxyl groups excluding tert-OH is 1. The third kappa shape index (κ3) is 5.63. The van der Waals surface area contributed by atoms with Gasteiger partial charge in [-0.3, -0.25) is 4.90 Å². The lowest BCUT2D eigenvalue weighted by atomic mass is 10.2. The van der Waals surface area contributed by atoms with Crippen LogP contribution in [0.4, 0.5) is 0 Å². The SMILES string of the molecule is CN(Cc1ccccc1Br)CC(O)COCc1ccco1. The minimum absolute atomic E-state index is 0.293. The number of furan rings is 1. The van der Waals surface area contributed by atoms with Crippen molar-refractivity contribution in [3.05, 3.63) is 58.5 Å². The quantitative estimate of drug-likeness (QED) is 0.792. The van der Waals surface area contributed by atoms with E-state index in [1.54, 1.807) is 6.26 Å². The predicted molar refractivity (Wildman–Crippen MR) is 84.8 cm³/mol. The summed E-state index contributed by atoms with van der Waals surface area (Å²) in [5.41, 5.74) is 1.20. The van der Waals surface area contributed by atoms with Gasteiger partial charge in [0.1, 0.15) is 12.4 Å². The van der Waals surface area contributed by atoms with Gasteiger partial charge in [-0.1, -0.05) is 34.1 Å². The number of ether oxygens (including phenoxy) is 1. The molecule has 5 heteroatoms. The van der Waals surface area contributed by atoms with Crippen molar-refractivity contribution in [2.24, 2.45) is 0 Å². The Labute approximate surface area is 133 Å². The molecule has 2 rings (SSSR count). The van der Waals surface area contributed by atoms with Crippen LogP contribution in [0.25, 0.3) is 0 Å². The maximum absolute atomic E-state index is 9.99. The summed E-state index contributed by atoms with van der Waals surface area (Å²) in [5.74, 6) is 0.767. The fraction of sp³-hybridized carbons (Fsp3) is 0.375. The topological polar surface area (TPSA) is 45.8 Å². The van der Waals surface area contributed by atoms with E-state index < -0.39 is 6.10 Å². The van der Waals surface area contributed by atoms with Crippen LogP contribution in [0.3, 0.4) is 0 Å². The van der Waals surface area contributed by atoms with E-state index >= 15 is 0 Å². The highest BCUT2D eigenvalue weighted by Crippen LogP contribution is 2.17. The van der Waals surface area contributed by atoms with E-state index in [2.05, 4.69) is 26.9 Å². The summed E-state index contributed by atoms with van der Waals surface area (Å²) < 4.78 is 11.7. The second-order valence-electron chi connectivity index (χ2n) is 5.04. The number of aliphatic hydroxyl groups is 1. The van der Waals surface area contributed by atoms with Crippen molar-refractivity contribution in [3.63, 3.8) is 0 Å². The Morgan fingerprint density at radius 2 is 2.10 bits per heavy atom. The Morgan fingerprint density at radius 1 is 1.29 bits per heavy atom. The van der Waals surface area contributed by atoms with Crippen molar-refractivity contribution in [2.45, 2.75) is 19.3 Å². The summed E-state index contributed by atoms with van der Waals surface area (Å²) in [6, 6.07) is 11.8. The van der Waals surface area contributed by atoms with Crippen molar-refractivity contribution >= 4 is 15.9 Å². The molecule has 4 nitrogen and oxygen atoms in total. The van der Waals surface area contributed by atoms with E-state index in [9.17, 15) is 5.11 Å². The zero-order valence-electron chi connectivity index (χ0n) is 12.0. The van der Waals surface area contributed by atoms with Crippen molar-refractivity contribution in [2.75, 3.05) is 20.2 Å². The van der Waals surface area contributed by atoms with E-state index in [1.165, 1.54) is 5.56 Å². The Balaban J connectivity index is 1.69. The summed E-state index contributed by atoms with van der Waals surface area (Å²) in [6.07, 6.45) is 1.09. The highest BCUT2D eigenvalue weighted by molar-refractivity contribution is 9.10. The van der Waals surface area contributed by atoms with Crippen LogP contribution in [0.2, 0.25) is 0 Å². The molecule has 0 saturated heterocycles. The van der Waals surface area contributed by atoms with Gasteiger partial charge in [0.2, 0.25) is 0 Å². The lowest BCUT2D eigenvalue weighted by Gasteiger charge is -2.21. The van der Waals surface area contributed by atoms with Crippen LogP contribution in [0.5, 0.6) is 0 Å². The number of rotatable bonds is 8. The van der Waals surface area contributed by atoms with Gasteiger partial charge in [0.15, 0.2) is 0 Å². The van der Waals surface area contributed by atoms with Gasteiger partial charge in [-0.05, 0) is 30.8 Å². The molecular weight excluding hydrogens is 334 g/mol. The molecule has 1 atom stereocenters. The molecule has 0 aliphatic rings. The predicted octanol–water partition coefficient (Wildman–Crippen LogP) is 3.05. The van der Waals surface area contributed by atoms with Gasteiger partial charge >= 0.3 is 0 Å². The van der Waals surface area contributed by atoms with Crippen molar-refractivity contribution in [3.8, 4) is 0 Å². The number of halogens is 1. The molecule has 0 aliphatic heterocycles. The molecule has 1 heterocycles. The van der Waals surface area contributed by atoms with Gasteiger partial charge in [-0.25, -0.2) is 0 Å². The van der Waals surface area contributed by atoms with Gasteiger partial charge in [-0.15, -0.1) is 0 Å². The molecule has 21 heavy (non-hydrogen) atoms. The molecule has 0 amide bonds. The monoisotopic (exact) mass is 353 g/mol. The first-order valence-corrected chi connectivity index (χ1v) is 7.64. The summed E-state index contributed by atoms with van der Waals surface area (Å²) in [6.45, 7) is 2.01.